The van der Waals surface area contributed by atoms with Gasteiger partial charge in [0.2, 0.25) is 0 Å². The summed E-state index contributed by atoms with van der Waals surface area (Å²) >= 11 is 0. The summed E-state index contributed by atoms with van der Waals surface area (Å²) in [6.07, 6.45) is 0. The molecule has 0 N–H and O–H groups in total. The molecule has 11 valence electrons. The van der Waals surface area contributed by atoms with E-state index in [2.05, 4.69) is 0 Å². The molecule has 0 aromatic heterocycles. The van der Waals surface area contributed by atoms with Crippen LogP contribution in [0.2, 0.25) is 0 Å². The van der Waals surface area contributed by atoms with Gasteiger partial charge in [-0.05, 0) is 0 Å². The van der Waals surface area contributed by atoms with Gasteiger partial charge >= 0.3 is 0 Å². The maximum absolute atomic E-state index is 0. The molecule has 5 radical (unpaired) electrons. The Bertz CT molecular complexity index is 8.00. The van der Waals surface area contributed by atoms with Crippen molar-refractivity contribution in [1.82, 2.24) is 0 Å². The zero-order valence-corrected chi connectivity index (χ0v) is 10.8. The van der Waals surface area contributed by atoms with Gasteiger partial charge in [0.15, 0.2) is 0 Å². The third kappa shape index (κ3) is 9.25. The van der Waals surface area contributed by atoms with Crippen molar-refractivity contribution in [3.8, 4) is 0 Å². The predicted octanol–water partition coefficient (Wildman–Crippen LogP) is -0.764. The van der Waals surface area contributed by atoms with Gasteiger partial charge < -0.3 is 0 Å². The quantitative estimate of drug-likeness (QED) is 0.511. The fourth-order valence-electron chi connectivity index (χ4n) is 0. The Labute approximate surface area is 112 Å². The standard InChI is InChI=1S/Ca.La.Li.Nb. The Kier molecular flexibility index (Phi) is 99.0. The fourth-order valence-corrected chi connectivity index (χ4v) is 0. The SMILES string of the molecule is [Ca].[La].[Li].[Nb]. The molecule has 0 aromatic carbocycles. The first-order valence-corrected chi connectivity index (χ1v) is 0. The van der Waals surface area contributed by atoms with Gasteiger partial charge in [0.25, 0.3) is 0 Å². The van der Waals surface area contributed by atoms with E-state index in [-0.39, 0.29) is 115 Å². The van der Waals surface area contributed by atoms with Crippen LogP contribution in [0.5, 0.6) is 0 Å². The average Bonchev–Trinajstić information content (AvgIpc) is 0. The fraction of sp³-hybridized carbons (Fsp3) is 0. The molecule has 0 aromatic rings. The van der Waals surface area contributed by atoms with Crippen LogP contribution in [0.4, 0.5) is 0 Å². The van der Waals surface area contributed by atoms with E-state index < -0.39 is 0 Å². The van der Waals surface area contributed by atoms with Gasteiger partial charge in [-0.25, -0.2) is 0 Å². The number of hydrogen-bond acceptors (Lipinski definition) is 0. The topological polar surface area (TPSA) is 0 Å². The van der Waals surface area contributed by atoms with Crippen molar-refractivity contribution in [2.75, 3.05) is 0 Å². The van der Waals surface area contributed by atoms with Crippen LogP contribution in [0.3, 0.4) is 0 Å². The Hall–Kier alpha value is 3.79. The summed E-state index contributed by atoms with van der Waals surface area (Å²) in [6.45, 7) is 0. The van der Waals surface area contributed by atoms with Gasteiger partial charge in [0.05, 0.1) is 0 Å². The van der Waals surface area contributed by atoms with Gasteiger partial charge in [-0.15, -0.1) is 0 Å². The number of hydrogen-bond donors (Lipinski definition) is 0. The Morgan fingerprint density at radius 2 is 1.00 bits per heavy atom. The molecule has 0 amide bonds. The maximum Gasteiger partial charge on any atom is 0 e. The monoisotopic (exact) mass is 279 g/mol. The van der Waals surface area contributed by atoms with Crippen molar-refractivity contribution >= 4 is 56.6 Å². The van der Waals surface area contributed by atoms with Gasteiger partial charge in [0, 0.05) is 115 Å². The predicted molar refractivity (Wildman–Crippen MR) is 11.5 cm³/mol. The summed E-state index contributed by atoms with van der Waals surface area (Å²) in [5.74, 6) is 0. The molecule has 0 nitrogen and oxygen atoms in total. The zero-order chi connectivity index (χ0) is 0. The van der Waals surface area contributed by atoms with E-state index in [1.54, 1.807) is 0 Å². The second kappa shape index (κ2) is 15.8. The first-order chi connectivity index (χ1) is 0. The van der Waals surface area contributed by atoms with Crippen LogP contribution in [0.15, 0.2) is 0 Å². The van der Waals surface area contributed by atoms with Crippen LogP contribution in [0, 0.1) is 35.6 Å². The molecule has 0 saturated heterocycles. The smallest absolute Gasteiger partial charge is 0 e. The van der Waals surface area contributed by atoms with Crippen molar-refractivity contribution in [3.63, 3.8) is 0 Å². The van der Waals surface area contributed by atoms with Crippen molar-refractivity contribution < 1.29 is 58.0 Å². The van der Waals surface area contributed by atoms with E-state index in [9.17, 15) is 0 Å². The van der Waals surface area contributed by atoms with Gasteiger partial charge in [-0.1, -0.05) is 0 Å². The maximum atomic E-state index is 0. The van der Waals surface area contributed by atoms with Gasteiger partial charge in [-0.3, -0.25) is 0 Å². The summed E-state index contributed by atoms with van der Waals surface area (Å²) in [4.78, 5) is 0. The summed E-state index contributed by atoms with van der Waals surface area (Å²) in [6, 6.07) is 0. The molecular weight excluding hydrogens is 279 g/mol. The molecule has 0 saturated carbocycles. The molecule has 0 aliphatic carbocycles. The average molecular weight is 279 g/mol. The van der Waals surface area contributed by atoms with E-state index in [1.165, 1.54) is 0 Å². The van der Waals surface area contributed by atoms with E-state index >= 15 is 0 Å². The van der Waals surface area contributed by atoms with Gasteiger partial charge in [-0.2, -0.15) is 0 Å². The molecule has 0 atom stereocenters. The third-order valence-corrected chi connectivity index (χ3v) is 0. The number of rotatable bonds is 0. The van der Waals surface area contributed by atoms with Crippen LogP contribution in [0.1, 0.15) is 0 Å². The van der Waals surface area contributed by atoms with E-state index in [4.69, 9.17) is 0 Å². The second-order valence-electron chi connectivity index (χ2n) is 0. The molecule has 0 bridgehead atoms. The third-order valence-electron chi connectivity index (χ3n) is 0. The zero-order valence-electron chi connectivity index (χ0n) is 2.73. The Morgan fingerprint density at radius 1 is 1.00 bits per heavy atom. The van der Waals surface area contributed by atoms with Crippen molar-refractivity contribution in [1.29, 1.82) is 0 Å². The minimum absolute atomic E-state index is 0. The summed E-state index contributed by atoms with van der Waals surface area (Å²) in [5, 5.41) is 0. The minimum Gasteiger partial charge on any atom is 0 e. The molecular formula is CaLaLiNb. The first-order valence-electron chi connectivity index (χ1n) is 0. The van der Waals surface area contributed by atoms with Crippen LogP contribution in [0.25, 0.3) is 0 Å². The van der Waals surface area contributed by atoms with Crippen molar-refractivity contribution in [2.45, 2.75) is 0 Å². The molecule has 4 heteroatoms. The first kappa shape index (κ1) is 25.0. The summed E-state index contributed by atoms with van der Waals surface area (Å²) in [7, 11) is 0. The second-order valence-corrected chi connectivity index (χ2v) is 0. The molecule has 0 fully saturated rings. The molecule has 0 unspecified atom stereocenters. The summed E-state index contributed by atoms with van der Waals surface area (Å²) < 4.78 is 0. The Morgan fingerprint density at radius 3 is 1.00 bits per heavy atom. The Balaban J connectivity index is 0. The molecule has 0 heterocycles. The molecule has 0 aliphatic rings. The van der Waals surface area contributed by atoms with Crippen LogP contribution < -0.4 is 0 Å². The van der Waals surface area contributed by atoms with Crippen LogP contribution in [-0.2, 0) is 22.4 Å². The van der Waals surface area contributed by atoms with Crippen LogP contribution in [-0.4, -0.2) is 56.6 Å². The van der Waals surface area contributed by atoms with E-state index in [0.717, 1.165) is 0 Å². The summed E-state index contributed by atoms with van der Waals surface area (Å²) in [5.41, 5.74) is 0. The van der Waals surface area contributed by atoms with E-state index in [1.807, 2.05) is 0 Å². The van der Waals surface area contributed by atoms with Gasteiger partial charge in [0.1, 0.15) is 0 Å². The van der Waals surface area contributed by atoms with Crippen molar-refractivity contribution in [2.24, 2.45) is 0 Å². The largest absolute Gasteiger partial charge is 0 e. The molecule has 4 heavy (non-hydrogen) atoms. The normalized spacial score (nSPS) is 0. The molecule has 0 spiro atoms. The molecule has 0 rings (SSSR count). The van der Waals surface area contributed by atoms with Crippen molar-refractivity contribution in [3.05, 3.63) is 0 Å². The minimum atomic E-state index is 0. The molecule has 0 aliphatic heterocycles. The van der Waals surface area contributed by atoms with E-state index in [0.29, 0.717) is 0 Å². The van der Waals surface area contributed by atoms with Crippen LogP contribution >= 0.6 is 0 Å².